The summed E-state index contributed by atoms with van der Waals surface area (Å²) in [5, 5.41) is 6.06. The lowest BCUT2D eigenvalue weighted by molar-refractivity contribution is -0.124. The van der Waals surface area contributed by atoms with Crippen LogP contribution in [0.4, 0.5) is 0 Å². The smallest absolute Gasteiger partial charge is 0.244 e. The Balaban J connectivity index is 1.88. The molecular weight excluding hydrogens is 356 g/mol. The molecule has 6 heteroatoms. The van der Waals surface area contributed by atoms with Crippen molar-refractivity contribution in [3.05, 3.63) is 52.4 Å². The minimum absolute atomic E-state index is 0.0408. The molecule has 0 spiro atoms. The molecule has 1 aromatic carbocycles. The van der Waals surface area contributed by atoms with E-state index < -0.39 is 0 Å². The molecule has 132 valence electrons. The first-order chi connectivity index (χ1) is 11.7. The number of halogens is 1. The van der Waals surface area contributed by atoms with E-state index in [0.29, 0.717) is 5.02 Å². The molecule has 0 aliphatic carbocycles. The Hall–Kier alpha value is -2.11. The van der Waals surface area contributed by atoms with Gasteiger partial charge in [0.1, 0.15) is 0 Å². The molecule has 25 heavy (non-hydrogen) atoms. The van der Waals surface area contributed by atoms with Gasteiger partial charge in [-0.15, -0.1) is 11.3 Å². The molecule has 1 aromatic heterocycles. The van der Waals surface area contributed by atoms with E-state index in [1.54, 1.807) is 17.4 Å². The van der Waals surface area contributed by atoms with Crippen molar-refractivity contribution in [2.45, 2.75) is 26.3 Å². The van der Waals surface area contributed by atoms with E-state index in [-0.39, 0.29) is 23.9 Å². The molecule has 0 atom stereocenters. The van der Waals surface area contributed by atoms with Crippen LogP contribution in [0.3, 0.4) is 0 Å². The first-order valence-electron chi connectivity index (χ1n) is 7.86. The summed E-state index contributed by atoms with van der Waals surface area (Å²) in [7, 11) is 0. The van der Waals surface area contributed by atoms with E-state index in [1.165, 1.54) is 6.08 Å². The highest BCUT2D eigenvalue weighted by molar-refractivity contribution is 7.16. The van der Waals surface area contributed by atoms with Gasteiger partial charge in [-0.2, -0.15) is 0 Å². The number of carbonyl (C=O) groups is 2. The van der Waals surface area contributed by atoms with Crippen molar-refractivity contribution in [3.8, 4) is 10.4 Å². The average molecular weight is 377 g/mol. The fourth-order valence-corrected chi connectivity index (χ4v) is 3.10. The molecule has 2 aromatic rings. The van der Waals surface area contributed by atoms with Gasteiger partial charge in [-0.25, -0.2) is 0 Å². The third-order valence-corrected chi connectivity index (χ3v) is 4.44. The molecule has 0 saturated carbocycles. The summed E-state index contributed by atoms with van der Waals surface area (Å²) in [5.74, 6) is -0.513. The van der Waals surface area contributed by atoms with Gasteiger partial charge >= 0.3 is 0 Å². The van der Waals surface area contributed by atoms with Crippen molar-refractivity contribution in [3.63, 3.8) is 0 Å². The highest BCUT2D eigenvalue weighted by atomic mass is 35.5. The first-order valence-corrected chi connectivity index (χ1v) is 9.05. The van der Waals surface area contributed by atoms with E-state index in [2.05, 4.69) is 10.6 Å². The molecule has 2 rings (SSSR count). The Labute approximate surface area is 156 Å². The topological polar surface area (TPSA) is 58.2 Å². The minimum Gasteiger partial charge on any atom is -0.350 e. The average Bonchev–Trinajstić information content (AvgIpc) is 2.99. The van der Waals surface area contributed by atoms with Crippen LogP contribution in [-0.4, -0.2) is 23.9 Å². The van der Waals surface area contributed by atoms with Crippen molar-refractivity contribution >= 4 is 40.8 Å². The van der Waals surface area contributed by atoms with Gasteiger partial charge in [-0.1, -0.05) is 23.7 Å². The molecule has 2 amide bonds. The summed E-state index contributed by atoms with van der Waals surface area (Å²) >= 11 is 7.47. The maximum atomic E-state index is 11.8. The molecule has 0 radical (unpaired) electrons. The van der Waals surface area contributed by atoms with E-state index >= 15 is 0 Å². The Morgan fingerprint density at radius 1 is 1.12 bits per heavy atom. The van der Waals surface area contributed by atoms with Gasteiger partial charge in [0.05, 0.1) is 6.54 Å². The van der Waals surface area contributed by atoms with Gasteiger partial charge in [0, 0.05) is 26.4 Å². The lowest BCUT2D eigenvalue weighted by Crippen LogP contribution is -2.45. The second kappa shape index (κ2) is 8.32. The zero-order valence-electron chi connectivity index (χ0n) is 14.4. The van der Waals surface area contributed by atoms with Crippen LogP contribution in [0.25, 0.3) is 16.5 Å². The van der Waals surface area contributed by atoms with Crippen LogP contribution in [0, 0.1) is 0 Å². The number of rotatable bonds is 5. The number of amides is 2. The Morgan fingerprint density at radius 2 is 1.80 bits per heavy atom. The van der Waals surface area contributed by atoms with Crippen molar-refractivity contribution in [2.24, 2.45) is 0 Å². The summed E-state index contributed by atoms with van der Waals surface area (Å²) < 4.78 is 0. The van der Waals surface area contributed by atoms with Gasteiger partial charge in [-0.05, 0) is 56.7 Å². The van der Waals surface area contributed by atoms with Crippen LogP contribution in [0.2, 0.25) is 5.02 Å². The highest BCUT2D eigenvalue weighted by Crippen LogP contribution is 2.29. The fraction of sp³-hybridized carbons (Fsp3) is 0.263. The molecule has 0 saturated heterocycles. The van der Waals surface area contributed by atoms with Crippen LogP contribution in [0.1, 0.15) is 25.6 Å². The molecule has 1 heterocycles. The van der Waals surface area contributed by atoms with E-state index in [0.717, 1.165) is 15.3 Å². The summed E-state index contributed by atoms with van der Waals surface area (Å²) in [6.45, 7) is 5.63. The van der Waals surface area contributed by atoms with Crippen molar-refractivity contribution in [1.82, 2.24) is 10.6 Å². The Kier molecular flexibility index (Phi) is 6.39. The standard InChI is InChI=1S/C19H21ClN2O2S/c1-19(2,3)22-18(24)12-21-17(23)11-9-15-8-10-16(25-15)13-4-6-14(20)7-5-13/h4-11H,12H2,1-3H3,(H,21,23)(H,22,24)/b11-9+. The number of carbonyl (C=O) groups excluding carboxylic acids is 2. The van der Waals surface area contributed by atoms with Crippen LogP contribution in [0.5, 0.6) is 0 Å². The first kappa shape index (κ1) is 19.2. The predicted octanol–water partition coefficient (Wildman–Crippen LogP) is 4.11. The number of thiophene rings is 1. The van der Waals surface area contributed by atoms with Gasteiger partial charge in [0.2, 0.25) is 11.8 Å². The van der Waals surface area contributed by atoms with Gasteiger partial charge in [0.15, 0.2) is 0 Å². The molecule has 0 aliphatic heterocycles. The van der Waals surface area contributed by atoms with Gasteiger partial charge in [-0.3, -0.25) is 9.59 Å². The maximum absolute atomic E-state index is 11.8. The van der Waals surface area contributed by atoms with Crippen molar-refractivity contribution < 1.29 is 9.59 Å². The Bertz CT molecular complexity index is 773. The molecular formula is C19H21ClN2O2S. The van der Waals surface area contributed by atoms with E-state index in [9.17, 15) is 9.59 Å². The van der Waals surface area contributed by atoms with Crippen LogP contribution in [-0.2, 0) is 9.59 Å². The minimum atomic E-state index is -0.313. The second-order valence-electron chi connectivity index (χ2n) is 6.56. The SMILES string of the molecule is CC(C)(C)NC(=O)CNC(=O)/C=C/c1ccc(-c2ccc(Cl)cc2)s1. The van der Waals surface area contributed by atoms with Crippen LogP contribution >= 0.6 is 22.9 Å². The van der Waals surface area contributed by atoms with Gasteiger partial charge < -0.3 is 10.6 Å². The van der Waals surface area contributed by atoms with Crippen molar-refractivity contribution in [2.75, 3.05) is 6.54 Å². The zero-order valence-corrected chi connectivity index (χ0v) is 16.0. The number of benzene rings is 1. The maximum Gasteiger partial charge on any atom is 0.244 e. The lowest BCUT2D eigenvalue weighted by atomic mass is 10.1. The number of hydrogen-bond acceptors (Lipinski definition) is 3. The zero-order chi connectivity index (χ0) is 18.4. The summed E-state index contributed by atoms with van der Waals surface area (Å²) in [6, 6.07) is 11.6. The van der Waals surface area contributed by atoms with Gasteiger partial charge in [0.25, 0.3) is 0 Å². The van der Waals surface area contributed by atoms with E-state index in [4.69, 9.17) is 11.6 Å². The molecule has 0 unspecified atom stereocenters. The summed E-state index contributed by atoms with van der Waals surface area (Å²) in [4.78, 5) is 25.5. The third-order valence-electron chi connectivity index (χ3n) is 3.09. The molecule has 2 N–H and O–H groups in total. The number of hydrogen-bond donors (Lipinski definition) is 2. The summed E-state index contributed by atoms with van der Waals surface area (Å²) in [6.07, 6.45) is 3.17. The normalized spacial score (nSPS) is 11.5. The summed E-state index contributed by atoms with van der Waals surface area (Å²) in [5.41, 5.74) is 0.768. The third kappa shape index (κ3) is 6.72. The van der Waals surface area contributed by atoms with Crippen LogP contribution in [0.15, 0.2) is 42.5 Å². The second-order valence-corrected chi connectivity index (χ2v) is 8.11. The number of nitrogens with one attached hydrogen (secondary N) is 2. The molecule has 0 aliphatic rings. The highest BCUT2D eigenvalue weighted by Gasteiger charge is 2.13. The largest absolute Gasteiger partial charge is 0.350 e. The molecule has 0 fully saturated rings. The van der Waals surface area contributed by atoms with Crippen molar-refractivity contribution in [1.29, 1.82) is 0 Å². The monoisotopic (exact) mass is 376 g/mol. The molecule has 4 nitrogen and oxygen atoms in total. The Morgan fingerprint density at radius 3 is 2.44 bits per heavy atom. The molecule has 0 bridgehead atoms. The quantitative estimate of drug-likeness (QED) is 0.771. The fourth-order valence-electron chi connectivity index (χ4n) is 2.06. The predicted molar refractivity (Wildman–Crippen MR) is 105 cm³/mol. The van der Waals surface area contributed by atoms with Crippen LogP contribution < -0.4 is 10.6 Å². The van der Waals surface area contributed by atoms with E-state index in [1.807, 2.05) is 57.2 Å². The lowest BCUT2D eigenvalue weighted by Gasteiger charge is -2.20.